The van der Waals surface area contributed by atoms with Crippen molar-refractivity contribution in [2.45, 2.75) is 172 Å². The highest BCUT2D eigenvalue weighted by Gasteiger charge is 2.61. The van der Waals surface area contributed by atoms with Crippen LogP contribution in [0, 0.1) is 46.3 Å². The van der Waals surface area contributed by atoms with Gasteiger partial charge in [0.25, 0.3) is 0 Å². The molecule has 53 heavy (non-hydrogen) atoms. The van der Waals surface area contributed by atoms with Gasteiger partial charge in [-0.3, -0.25) is 4.79 Å². The molecule has 3 aliphatic heterocycles. The number of methoxy groups -OCH3 is 1. The Kier molecular flexibility index (Phi) is 11.6. The third-order valence-corrected chi connectivity index (χ3v) is 15.3. The molecule has 7 rings (SSSR count). The number of allylic oxidation sites excluding steroid dienone is 2. The van der Waals surface area contributed by atoms with Crippen molar-refractivity contribution in [3.8, 4) is 0 Å². The van der Waals surface area contributed by atoms with Crippen LogP contribution < -0.4 is 0 Å². The summed E-state index contributed by atoms with van der Waals surface area (Å²) in [5.74, 6) is 1.81. The molecular formula is C40H64O13. The largest absolute Gasteiger partial charge is 0.394 e. The quantitative estimate of drug-likeness (QED) is 0.212. The molecule has 0 bridgehead atoms. The van der Waals surface area contributed by atoms with Crippen LogP contribution in [0.2, 0.25) is 0 Å². The van der Waals surface area contributed by atoms with Gasteiger partial charge in [-0.15, -0.1) is 0 Å². The molecule has 6 N–H and O–H groups in total. The van der Waals surface area contributed by atoms with Gasteiger partial charge < -0.3 is 59.1 Å². The summed E-state index contributed by atoms with van der Waals surface area (Å²) in [4.78, 5) is 14.2. The van der Waals surface area contributed by atoms with Crippen molar-refractivity contribution in [2.75, 3.05) is 13.7 Å². The normalized spacial score (nSPS) is 53.7. The van der Waals surface area contributed by atoms with Crippen molar-refractivity contribution in [3.05, 3.63) is 11.6 Å². The van der Waals surface area contributed by atoms with Gasteiger partial charge in [-0.25, -0.2) is 0 Å². The van der Waals surface area contributed by atoms with E-state index in [1.807, 2.05) is 6.08 Å². The molecule has 0 unspecified atom stereocenters. The van der Waals surface area contributed by atoms with Crippen LogP contribution in [0.4, 0.5) is 0 Å². The minimum Gasteiger partial charge on any atom is -0.394 e. The molecule has 0 aromatic heterocycles. The molecule has 3 saturated carbocycles. The number of rotatable bonds is 8. The number of carbonyl (C=O) groups excluding carboxylic acids is 1. The van der Waals surface area contributed by atoms with E-state index < -0.39 is 74.1 Å². The van der Waals surface area contributed by atoms with Crippen molar-refractivity contribution in [3.63, 3.8) is 0 Å². The van der Waals surface area contributed by atoms with Crippen LogP contribution in [-0.2, 0) is 33.2 Å². The summed E-state index contributed by atoms with van der Waals surface area (Å²) in [6.45, 7) is 10.2. The van der Waals surface area contributed by atoms with Crippen molar-refractivity contribution < 1.29 is 63.9 Å². The number of fused-ring (bicyclic) bond motifs is 5. The number of ketones is 1. The predicted molar refractivity (Wildman–Crippen MR) is 189 cm³/mol. The van der Waals surface area contributed by atoms with Crippen molar-refractivity contribution in [2.24, 2.45) is 46.3 Å². The smallest absolute Gasteiger partial charge is 0.187 e. The molecule has 0 spiro atoms. The monoisotopic (exact) mass is 752 g/mol. The van der Waals surface area contributed by atoms with E-state index in [1.54, 1.807) is 7.11 Å². The molecule has 0 amide bonds. The molecule has 3 saturated heterocycles. The van der Waals surface area contributed by atoms with E-state index in [-0.39, 0.29) is 34.9 Å². The van der Waals surface area contributed by atoms with E-state index in [0.717, 1.165) is 44.9 Å². The number of hydrogen-bond donors (Lipinski definition) is 6. The minimum absolute atomic E-state index is 0.101. The van der Waals surface area contributed by atoms with E-state index in [4.69, 9.17) is 28.4 Å². The van der Waals surface area contributed by atoms with Gasteiger partial charge in [0.15, 0.2) is 24.7 Å². The zero-order valence-corrected chi connectivity index (χ0v) is 32.2. The lowest BCUT2D eigenvalue weighted by Crippen LogP contribution is -2.64. The van der Waals surface area contributed by atoms with Crippen LogP contribution in [0.25, 0.3) is 0 Å². The van der Waals surface area contributed by atoms with Crippen LogP contribution in [0.5, 0.6) is 0 Å². The molecule has 7 aliphatic rings. The second-order valence-electron chi connectivity index (χ2n) is 18.2. The summed E-state index contributed by atoms with van der Waals surface area (Å²) in [6, 6.07) is 0. The summed E-state index contributed by atoms with van der Waals surface area (Å²) in [5.41, 5.74) is 1.20. The lowest BCUT2D eigenvalue weighted by Gasteiger charge is -2.57. The van der Waals surface area contributed by atoms with Crippen LogP contribution in [0.3, 0.4) is 0 Å². The van der Waals surface area contributed by atoms with Gasteiger partial charge in [0.05, 0.1) is 24.9 Å². The lowest BCUT2D eigenvalue weighted by atomic mass is 9.47. The minimum atomic E-state index is -1.65. The maximum absolute atomic E-state index is 14.2. The third kappa shape index (κ3) is 6.90. The fourth-order valence-electron chi connectivity index (χ4n) is 12.0. The Bertz CT molecular complexity index is 1350. The van der Waals surface area contributed by atoms with Crippen LogP contribution in [0.15, 0.2) is 11.6 Å². The Morgan fingerprint density at radius 3 is 2.21 bits per heavy atom. The molecule has 4 aliphatic carbocycles. The third-order valence-electron chi connectivity index (χ3n) is 15.3. The van der Waals surface area contributed by atoms with Gasteiger partial charge in [0, 0.05) is 18.9 Å². The molecule has 0 aromatic carbocycles. The van der Waals surface area contributed by atoms with E-state index in [9.17, 15) is 35.4 Å². The summed E-state index contributed by atoms with van der Waals surface area (Å²) in [5, 5.41) is 62.9. The Morgan fingerprint density at radius 1 is 0.774 bits per heavy atom. The predicted octanol–water partition coefficient (Wildman–Crippen LogP) is 2.21. The summed E-state index contributed by atoms with van der Waals surface area (Å²) < 4.78 is 36.1. The molecule has 302 valence electrons. The first-order valence-electron chi connectivity index (χ1n) is 20.2. The second kappa shape index (κ2) is 15.4. The maximum Gasteiger partial charge on any atom is 0.187 e. The Morgan fingerprint density at radius 2 is 1.49 bits per heavy atom. The van der Waals surface area contributed by atoms with Crippen LogP contribution in [-0.4, -0.2) is 130 Å². The highest BCUT2D eigenvalue weighted by Crippen LogP contribution is 2.67. The number of aliphatic hydroxyl groups is 6. The standard InChI is InChI=1S/C40H64O13/c1-18-7-10-28(51-36(18)48-6)19(2)23-8-9-24-22-16-27(42)26-15-21(11-13-40(26,5)25(22)12-14-39(23,24)4)50-38-35(33(46)31(44)29(17-41)52-38)53-37-34(47)32(45)30(43)20(3)49-37/h16,18-21,23-26,28-38,41,43-47H,7-15,17H2,1-6H3/t18-,19+,20+,21+,23-,24-,25+,26-,28+,29-,30+,31-,32-,33+,34-,35-,36-,37-,38-,39-,40-/m1/s1. The average Bonchev–Trinajstić information content (AvgIpc) is 3.50. The maximum atomic E-state index is 14.2. The Labute approximate surface area is 313 Å². The van der Waals surface area contributed by atoms with Crippen LogP contribution in [0.1, 0.15) is 92.4 Å². The number of ether oxygens (including phenoxy) is 6. The lowest BCUT2D eigenvalue weighted by molar-refractivity contribution is -0.370. The van der Waals surface area contributed by atoms with Crippen molar-refractivity contribution in [1.29, 1.82) is 0 Å². The summed E-state index contributed by atoms with van der Waals surface area (Å²) in [6.07, 6.45) is -4.03. The first-order chi connectivity index (χ1) is 25.1. The average molecular weight is 753 g/mol. The van der Waals surface area contributed by atoms with Crippen molar-refractivity contribution in [1.82, 2.24) is 0 Å². The second-order valence-corrected chi connectivity index (χ2v) is 18.2. The molecule has 0 aromatic rings. The SMILES string of the molecule is CO[C@@H]1O[C@H]([C@@H](C)[C@H]2CC[C@@H]3C4=CC(=O)[C@H]5C[C@@H](O[C@@H]6O[C@H](CO)[C@@H](O)[C@H](O)[C@H]6O[C@H]6O[C@@H](C)[C@H](O)[C@@H](O)[C@H]6O)CC[C@]5(C)[C@H]4CC[C@@]32C)CC[C@H]1C. The first kappa shape index (κ1) is 40.1. The van der Waals surface area contributed by atoms with E-state index in [0.29, 0.717) is 42.4 Å². The molecule has 0 radical (unpaired) electrons. The van der Waals surface area contributed by atoms with Crippen molar-refractivity contribution >= 4 is 5.78 Å². The molecule has 13 heteroatoms. The van der Waals surface area contributed by atoms with Crippen LogP contribution >= 0.6 is 0 Å². The summed E-state index contributed by atoms with van der Waals surface area (Å²) in [7, 11) is 1.74. The zero-order chi connectivity index (χ0) is 38.1. The topological polar surface area (TPSA) is 194 Å². The van der Waals surface area contributed by atoms with Gasteiger partial charge in [0.2, 0.25) is 0 Å². The van der Waals surface area contributed by atoms with Gasteiger partial charge >= 0.3 is 0 Å². The fourth-order valence-corrected chi connectivity index (χ4v) is 12.0. The highest BCUT2D eigenvalue weighted by atomic mass is 16.8. The number of aliphatic hydroxyl groups excluding tert-OH is 6. The number of carbonyl (C=O) groups is 1. The molecule has 21 atom stereocenters. The van der Waals surface area contributed by atoms with Gasteiger partial charge in [0.1, 0.15) is 42.7 Å². The molecule has 3 heterocycles. The van der Waals surface area contributed by atoms with Gasteiger partial charge in [-0.1, -0.05) is 33.3 Å². The van der Waals surface area contributed by atoms with E-state index in [2.05, 4.69) is 27.7 Å². The number of hydrogen-bond acceptors (Lipinski definition) is 13. The fraction of sp³-hybridized carbons (Fsp3) is 0.925. The molecule has 13 nitrogen and oxygen atoms in total. The molecular weight excluding hydrogens is 688 g/mol. The summed E-state index contributed by atoms with van der Waals surface area (Å²) >= 11 is 0. The van der Waals surface area contributed by atoms with E-state index in [1.165, 1.54) is 12.5 Å². The highest BCUT2D eigenvalue weighted by molar-refractivity contribution is 5.94. The molecule has 6 fully saturated rings. The van der Waals surface area contributed by atoms with Gasteiger partial charge in [-0.2, -0.15) is 0 Å². The van der Waals surface area contributed by atoms with Gasteiger partial charge in [-0.05, 0) is 105 Å². The Hall–Kier alpha value is -1.07. The first-order valence-corrected chi connectivity index (χ1v) is 20.2. The van der Waals surface area contributed by atoms with E-state index >= 15 is 0 Å². The Balaban J connectivity index is 1.06. The zero-order valence-electron chi connectivity index (χ0n) is 32.2.